The van der Waals surface area contributed by atoms with E-state index in [1.54, 1.807) is 37.3 Å². The summed E-state index contributed by atoms with van der Waals surface area (Å²) in [5.41, 5.74) is 6.70. The third-order valence-electron chi connectivity index (χ3n) is 5.43. The molecule has 10 heteroatoms. The number of hydrogen-bond acceptors (Lipinski definition) is 6. The summed E-state index contributed by atoms with van der Waals surface area (Å²) in [5.74, 6) is -0.239. The highest BCUT2D eigenvalue weighted by atomic mass is 32.2. The first kappa shape index (κ1) is 24.5. The van der Waals surface area contributed by atoms with Crippen molar-refractivity contribution in [3.05, 3.63) is 53.1 Å². The van der Waals surface area contributed by atoms with Crippen LogP contribution < -0.4 is 20.5 Å². The fraction of sp³-hybridized carbons (Fsp3) is 0.391. The Morgan fingerprint density at radius 2 is 1.79 bits per heavy atom. The summed E-state index contributed by atoms with van der Waals surface area (Å²) < 4.78 is 38.3. The van der Waals surface area contributed by atoms with Crippen molar-refractivity contribution in [2.24, 2.45) is 5.73 Å². The molecule has 3 rings (SSSR count). The number of carbonyl (C=O) groups is 2. The van der Waals surface area contributed by atoms with Crippen LogP contribution in [0.4, 0.5) is 0 Å². The molecule has 1 fully saturated rings. The number of nitrogens with one attached hydrogen (secondary N) is 1. The highest BCUT2D eigenvalue weighted by Crippen LogP contribution is 2.28. The van der Waals surface area contributed by atoms with Gasteiger partial charge in [0.15, 0.2) is 18.1 Å². The smallest absolute Gasteiger partial charge is 0.255 e. The summed E-state index contributed by atoms with van der Waals surface area (Å²) in [5, 5.41) is 2.80. The van der Waals surface area contributed by atoms with Crippen LogP contribution in [-0.4, -0.2) is 51.3 Å². The Labute approximate surface area is 193 Å². The first-order valence-corrected chi connectivity index (χ1v) is 12.1. The van der Waals surface area contributed by atoms with Crippen molar-refractivity contribution in [1.82, 2.24) is 9.62 Å². The van der Waals surface area contributed by atoms with Crippen molar-refractivity contribution in [3.8, 4) is 11.5 Å². The minimum Gasteiger partial charge on any atom is -0.493 e. The second kappa shape index (κ2) is 10.7. The van der Waals surface area contributed by atoms with Crippen LogP contribution in [-0.2, 0) is 21.4 Å². The average Bonchev–Trinajstić information content (AvgIpc) is 2.82. The molecule has 0 saturated carbocycles. The van der Waals surface area contributed by atoms with Crippen LogP contribution in [0.2, 0.25) is 0 Å². The molecule has 1 heterocycles. The Kier molecular flexibility index (Phi) is 7.93. The Morgan fingerprint density at radius 3 is 2.45 bits per heavy atom. The molecule has 2 aromatic rings. The van der Waals surface area contributed by atoms with Gasteiger partial charge < -0.3 is 20.5 Å². The first-order valence-electron chi connectivity index (χ1n) is 10.7. The van der Waals surface area contributed by atoms with Gasteiger partial charge in [-0.3, -0.25) is 9.59 Å². The van der Waals surface area contributed by atoms with Gasteiger partial charge in [-0.05, 0) is 55.2 Å². The highest BCUT2D eigenvalue weighted by molar-refractivity contribution is 7.89. The van der Waals surface area contributed by atoms with Crippen molar-refractivity contribution in [1.29, 1.82) is 0 Å². The van der Waals surface area contributed by atoms with Crippen LogP contribution >= 0.6 is 0 Å². The standard InChI is InChI=1S/C23H29N3O6S/c1-16-6-8-18(13-21(16)33(29,30)26-10-4-3-5-11-26)23(28)25-14-17-7-9-19(20(12-17)31-2)32-15-22(24)27/h6-9,12-13H,3-5,10-11,14-15H2,1-2H3,(H2,24,27)(H,25,28). The van der Waals surface area contributed by atoms with Gasteiger partial charge >= 0.3 is 0 Å². The van der Waals surface area contributed by atoms with Gasteiger partial charge in [0.25, 0.3) is 11.8 Å². The molecule has 1 aliphatic rings. The van der Waals surface area contributed by atoms with E-state index in [0.717, 1.165) is 24.8 Å². The normalized spacial score (nSPS) is 14.5. The summed E-state index contributed by atoms with van der Waals surface area (Å²) in [6.07, 6.45) is 2.71. The van der Waals surface area contributed by atoms with E-state index in [4.69, 9.17) is 15.2 Å². The lowest BCUT2D eigenvalue weighted by Gasteiger charge is -2.26. The number of piperidine rings is 1. The Bertz CT molecular complexity index is 1130. The number of nitrogens with two attached hydrogens (primary N) is 1. The molecule has 0 aromatic heterocycles. The van der Waals surface area contributed by atoms with E-state index in [-0.39, 0.29) is 23.6 Å². The zero-order valence-corrected chi connectivity index (χ0v) is 19.6. The maximum absolute atomic E-state index is 13.1. The number of carbonyl (C=O) groups excluding carboxylic acids is 2. The molecule has 2 amide bonds. The minimum absolute atomic E-state index is 0.162. The largest absolute Gasteiger partial charge is 0.493 e. The van der Waals surface area contributed by atoms with Gasteiger partial charge in [-0.25, -0.2) is 8.42 Å². The topological polar surface area (TPSA) is 128 Å². The van der Waals surface area contributed by atoms with E-state index >= 15 is 0 Å². The molecule has 33 heavy (non-hydrogen) atoms. The molecule has 0 radical (unpaired) electrons. The lowest BCUT2D eigenvalue weighted by Crippen LogP contribution is -2.36. The molecule has 3 N–H and O–H groups in total. The van der Waals surface area contributed by atoms with Crippen molar-refractivity contribution in [2.45, 2.75) is 37.6 Å². The lowest BCUT2D eigenvalue weighted by atomic mass is 10.1. The van der Waals surface area contributed by atoms with Crippen LogP contribution in [0.25, 0.3) is 0 Å². The van der Waals surface area contributed by atoms with E-state index in [2.05, 4.69) is 5.32 Å². The molecule has 1 saturated heterocycles. The zero-order valence-electron chi connectivity index (χ0n) is 18.8. The van der Waals surface area contributed by atoms with Crippen LogP contribution in [0.1, 0.15) is 40.7 Å². The molecular formula is C23H29N3O6S. The number of ether oxygens (including phenoxy) is 2. The lowest BCUT2D eigenvalue weighted by molar-refractivity contribution is -0.119. The van der Waals surface area contributed by atoms with Crippen LogP contribution in [0.15, 0.2) is 41.3 Å². The summed E-state index contributed by atoms with van der Waals surface area (Å²) >= 11 is 0. The van der Waals surface area contributed by atoms with Gasteiger partial charge in [-0.1, -0.05) is 18.6 Å². The molecule has 178 valence electrons. The second-order valence-corrected chi connectivity index (χ2v) is 9.77. The van der Waals surface area contributed by atoms with E-state index in [0.29, 0.717) is 30.2 Å². The van der Waals surface area contributed by atoms with Gasteiger partial charge in [-0.2, -0.15) is 4.31 Å². The second-order valence-electron chi connectivity index (χ2n) is 7.87. The van der Waals surface area contributed by atoms with Crippen molar-refractivity contribution in [3.63, 3.8) is 0 Å². The maximum Gasteiger partial charge on any atom is 0.255 e. The molecule has 0 spiro atoms. The average molecular weight is 476 g/mol. The Morgan fingerprint density at radius 1 is 1.06 bits per heavy atom. The summed E-state index contributed by atoms with van der Waals surface area (Å²) in [6.45, 7) is 2.64. The zero-order chi connectivity index (χ0) is 24.0. The van der Waals surface area contributed by atoms with E-state index in [1.807, 2.05) is 0 Å². The first-order chi connectivity index (χ1) is 15.7. The fourth-order valence-corrected chi connectivity index (χ4v) is 5.41. The van der Waals surface area contributed by atoms with Gasteiger partial charge in [-0.15, -0.1) is 0 Å². The van der Waals surface area contributed by atoms with Gasteiger partial charge in [0.2, 0.25) is 10.0 Å². The van der Waals surface area contributed by atoms with Crippen molar-refractivity contribution < 1.29 is 27.5 Å². The van der Waals surface area contributed by atoms with Gasteiger partial charge in [0, 0.05) is 25.2 Å². The number of sulfonamides is 1. The molecule has 1 aliphatic heterocycles. The number of primary amides is 1. The van der Waals surface area contributed by atoms with E-state index < -0.39 is 21.8 Å². The fourth-order valence-electron chi connectivity index (χ4n) is 3.64. The number of benzene rings is 2. The maximum atomic E-state index is 13.1. The predicted octanol–water partition coefficient (Wildman–Crippen LogP) is 1.97. The van der Waals surface area contributed by atoms with Gasteiger partial charge in [0.05, 0.1) is 12.0 Å². The third-order valence-corrected chi connectivity index (χ3v) is 7.47. The summed E-state index contributed by atoms with van der Waals surface area (Å²) in [6, 6.07) is 9.73. The SMILES string of the molecule is COc1cc(CNC(=O)c2ccc(C)c(S(=O)(=O)N3CCCCC3)c2)ccc1OCC(N)=O. The molecule has 0 atom stereocenters. The number of amides is 2. The summed E-state index contributed by atoms with van der Waals surface area (Å²) in [4.78, 5) is 23.8. The number of methoxy groups -OCH3 is 1. The van der Waals surface area contributed by atoms with E-state index in [9.17, 15) is 18.0 Å². The van der Waals surface area contributed by atoms with Crippen molar-refractivity contribution >= 4 is 21.8 Å². The van der Waals surface area contributed by atoms with Crippen LogP contribution in [0, 0.1) is 6.92 Å². The van der Waals surface area contributed by atoms with Gasteiger partial charge in [0.1, 0.15) is 0 Å². The predicted molar refractivity (Wildman–Crippen MR) is 123 cm³/mol. The number of rotatable bonds is 9. The number of hydrogen-bond donors (Lipinski definition) is 2. The number of nitrogens with zero attached hydrogens (tertiary/aromatic N) is 1. The molecule has 0 unspecified atom stereocenters. The molecular weight excluding hydrogens is 446 g/mol. The van der Waals surface area contributed by atoms with E-state index in [1.165, 1.54) is 17.5 Å². The molecule has 0 aliphatic carbocycles. The number of aryl methyl sites for hydroxylation is 1. The molecule has 2 aromatic carbocycles. The highest BCUT2D eigenvalue weighted by Gasteiger charge is 2.28. The monoisotopic (exact) mass is 475 g/mol. The summed E-state index contributed by atoms with van der Waals surface area (Å²) in [7, 11) is -2.19. The Balaban J connectivity index is 1.72. The molecule has 0 bridgehead atoms. The van der Waals surface area contributed by atoms with Crippen LogP contribution in [0.5, 0.6) is 11.5 Å². The molecule has 9 nitrogen and oxygen atoms in total. The van der Waals surface area contributed by atoms with Crippen molar-refractivity contribution in [2.75, 3.05) is 26.8 Å². The Hall–Kier alpha value is -3.11. The third kappa shape index (κ3) is 6.02. The minimum atomic E-state index is -3.65. The van der Waals surface area contributed by atoms with Crippen LogP contribution in [0.3, 0.4) is 0 Å². The quantitative estimate of drug-likeness (QED) is 0.571.